The smallest absolute Gasteiger partial charge is 0.246 e. The Labute approximate surface area is 204 Å². The highest BCUT2D eigenvalue weighted by Gasteiger charge is 2.19. The van der Waals surface area contributed by atoms with E-state index >= 15 is 0 Å². The molecule has 0 spiro atoms. The van der Waals surface area contributed by atoms with Crippen LogP contribution in [0.4, 0.5) is 19.5 Å². The summed E-state index contributed by atoms with van der Waals surface area (Å²) in [5, 5.41) is 9.92. The summed E-state index contributed by atoms with van der Waals surface area (Å²) in [5.74, 6) is -2.43. The van der Waals surface area contributed by atoms with Gasteiger partial charge in [-0.1, -0.05) is 23.5 Å². The third-order valence-electron chi connectivity index (χ3n) is 5.80. The Hall–Kier alpha value is -3.79. The number of imidazole rings is 1. The van der Waals surface area contributed by atoms with Gasteiger partial charge < -0.3 is 16.0 Å². The number of hydrogen-bond donors (Lipinski definition) is 3. The van der Waals surface area contributed by atoms with Crippen LogP contribution >= 0.6 is 11.3 Å². The van der Waals surface area contributed by atoms with Gasteiger partial charge in [-0.2, -0.15) is 0 Å². The number of rotatable bonds is 6. The van der Waals surface area contributed by atoms with Gasteiger partial charge in [0, 0.05) is 30.1 Å². The molecule has 10 heteroatoms. The van der Waals surface area contributed by atoms with Crippen LogP contribution in [0.5, 0.6) is 0 Å². The van der Waals surface area contributed by atoms with Crippen molar-refractivity contribution in [3.63, 3.8) is 0 Å². The van der Waals surface area contributed by atoms with Gasteiger partial charge in [-0.05, 0) is 49.6 Å². The first-order valence-electron chi connectivity index (χ1n) is 11.3. The van der Waals surface area contributed by atoms with Crippen molar-refractivity contribution < 1.29 is 18.4 Å². The molecule has 2 aromatic heterocycles. The maximum absolute atomic E-state index is 13.3. The minimum absolute atomic E-state index is 0.194. The van der Waals surface area contributed by atoms with Crippen LogP contribution in [0.1, 0.15) is 24.6 Å². The van der Waals surface area contributed by atoms with Gasteiger partial charge in [0.05, 0.1) is 17.8 Å². The van der Waals surface area contributed by atoms with E-state index in [2.05, 4.69) is 20.4 Å². The Morgan fingerprint density at radius 2 is 1.91 bits per heavy atom. The predicted octanol–water partition coefficient (Wildman–Crippen LogP) is 4.39. The van der Waals surface area contributed by atoms with E-state index in [1.165, 1.54) is 10.7 Å². The Morgan fingerprint density at radius 1 is 1.17 bits per heavy atom. The highest BCUT2D eigenvalue weighted by Crippen LogP contribution is 2.34. The molecule has 1 aliphatic rings. The van der Waals surface area contributed by atoms with Crippen LogP contribution in [0.3, 0.4) is 0 Å². The number of carbonyl (C=O) groups is 2. The van der Waals surface area contributed by atoms with Crippen molar-refractivity contribution in [1.82, 2.24) is 14.7 Å². The van der Waals surface area contributed by atoms with Crippen LogP contribution in [0.25, 0.3) is 16.2 Å². The third-order valence-corrected chi connectivity index (χ3v) is 6.86. The molecule has 0 saturated heterocycles. The number of nitrogens with zero attached hydrogens (tertiary/aromatic N) is 2. The Balaban J connectivity index is 1.19. The fraction of sp³-hybridized carbons (Fsp3) is 0.240. The number of hydrogen-bond acceptors (Lipinski definition) is 5. The Morgan fingerprint density at radius 3 is 2.66 bits per heavy atom. The molecule has 180 valence electrons. The Bertz CT molecular complexity index is 1390. The molecular weight excluding hydrogens is 472 g/mol. The van der Waals surface area contributed by atoms with Crippen LogP contribution < -0.4 is 16.0 Å². The number of carbonyl (C=O) groups excluding carboxylic acids is 2. The lowest BCUT2D eigenvalue weighted by atomic mass is 10.1. The molecule has 35 heavy (non-hydrogen) atoms. The minimum atomic E-state index is -0.833. The second-order valence-corrected chi connectivity index (χ2v) is 9.47. The molecule has 1 atom stereocenters. The van der Waals surface area contributed by atoms with Crippen LogP contribution in [0.15, 0.2) is 48.7 Å². The van der Waals surface area contributed by atoms with Crippen LogP contribution in [-0.2, 0) is 22.4 Å². The molecule has 0 aliphatic carbocycles. The summed E-state index contributed by atoms with van der Waals surface area (Å²) in [6, 6.07) is 9.41. The molecule has 0 radical (unpaired) electrons. The molecule has 2 aromatic carbocycles. The SMILES string of the molecule is C[C@H](NC(=O)Cc1cc(F)cc(F)c1)C(=O)Nc1ccc(-c2cn3c4c(sc3n2)NCCC4)cc1. The van der Waals surface area contributed by atoms with Crippen molar-refractivity contribution in [2.24, 2.45) is 0 Å². The highest BCUT2D eigenvalue weighted by molar-refractivity contribution is 7.21. The predicted molar refractivity (Wildman–Crippen MR) is 132 cm³/mol. The van der Waals surface area contributed by atoms with E-state index in [-0.39, 0.29) is 12.0 Å². The summed E-state index contributed by atoms with van der Waals surface area (Å²) in [6.45, 7) is 2.53. The van der Waals surface area contributed by atoms with E-state index in [1.54, 1.807) is 30.4 Å². The van der Waals surface area contributed by atoms with E-state index in [0.717, 1.165) is 53.8 Å². The molecule has 0 fully saturated rings. The zero-order chi connectivity index (χ0) is 24.5. The fourth-order valence-corrected chi connectivity index (χ4v) is 5.17. The number of fused-ring (bicyclic) bond motifs is 3. The molecule has 2 amide bonds. The highest BCUT2D eigenvalue weighted by atomic mass is 32.1. The molecule has 0 saturated carbocycles. The summed E-state index contributed by atoms with van der Waals surface area (Å²) in [5.41, 5.74) is 3.82. The number of benzene rings is 2. The van der Waals surface area contributed by atoms with Crippen LogP contribution in [-0.4, -0.2) is 33.8 Å². The quantitative estimate of drug-likeness (QED) is 0.370. The number of aryl methyl sites for hydroxylation is 1. The maximum Gasteiger partial charge on any atom is 0.246 e. The normalized spacial score (nSPS) is 13.7. The zero-order valence-electron chi connectivity index (χ0n) is 18.9. The molecule has 3 heterocycles. The molecule has 0 bridgehead atoms. The van der Waals surface area contributed by atoms with E-state index in [1.807, 2.05) is 18.3 Å². The lowest BCUT2D eigenvalue weighted by molar-refractivity contribution is -0.125. The maximum atomic E-state index is 13.3. The number of nitrogens with one attached hydrogen (secondary N) is 3. The van der Waals surface area contributed by atoms with E-state index in [4.69, 9.17) is 4.98 Å². The van der Waals surface area contributed by atoms with E-state index in [0.29, 0.717) is 5.69 Å². The first kappa shape index (κ1) is 23.0. The third kappa shape index (κ3) is 5.02. The number of anilines is 2. The molecule has 0 unspecified atom stereocenters. The van der Waals surface area contributed by atoms with E-state index in [9.17, 15) is 18.4 Å². The van der Waals surface area contributed by atoms with Gasteiger partial charge >= 0.3 is 0 Å². The van der Waals surface area contributed by atoms with Crippen molar-refractivity contribution in [2.75, 3.05) is 17.2 Å². The number of halogens is 2. The fourth-order valence-electron chi connectivity index (χ4n) is 4.09. The molecule has 4 aromatic rings. The van der Waals surface area contributed by atoms with Gasteiger partial charge in [-0.3, -0.25) is 14.0 Å². The lowest BCUT2D eigenvalue weighted by Crippen LogP contribution is -2.42. The van der Waals surface area contributed by atoms with Gasteiger partial charge in [0.2, 0.25) is 11.8 Å². The van der Waals surface area contributed by atoms with Crippen LogP contribution in [0, 0.1) is 11.6 Å². The van der Waals surface area contributed by atoms with Gasteiger partial charge in [0.15, 0.2) is 4.96 Å². The Kier molecular flexibility index (Phi) is 6.21. The van der Waals surface area contributed by atoms with Crippen LogP contribution in [0.2, 0.25) is 0 Å². The summed E-state index contributed by atoms with van der Waals surface area (Å²) in [7, 11) is 0. The molecule has 5 rings (SSSR count). The molecular formula is C25H23F2N5O2S. The van der Waals surface area contributed by atoms with Gasteiger partial charge in [-0.25, -0.2) is 13.8 Å². The second-order valence-electron chi connectivity index (χ2n) is 8.50. The van der Waals surface area contributed by atoms with Gasteiger partial charge in [-0.15, -0.1) is 0 Å². The summed E-state index contributed by atoms with van der Waals surface area (Å²) >= 11 is 1.65. The van der Waals surface area contributed by atoms with Crippen molar-refractivity contribution >= 4 is 38.8 Å². The molecule has 3 N–H and O–H groups in total. The van der Waals surface area contributed by atoms with E-state index < -0.39 is 29.5 Å². The average molecular weight is 496 g/mol. The first-order chi connectivity index (χ1) is 16.9. The number of aromatic nitrogens is 2. The standard InChI is InChI=1S/C25H23F2N5O2S/c1-14(29-22(33)11-15-9-17(26)12-18(27)10-15)23(34)30-19-6-4-16(5-7-19)20-13-32-21-3-2-8-28-24(21)35-25(32)31-20/h4-7,9-10,12-14,28H,2-3,8,11H2,1H3,(H,29,33)(H,30,34)/t14-/m0/s1. The molecule has 7 nitrogen and oxygen atoms in total. The molecule has 1 aliphatic heterocycles. The summed E-state index contributed by atoms with van der Waals surface area (Å²) < 4.78 is 28.8. The van der Waals surface area contributed by atoms with Gasteiger partial charge in [0.1, 0.15) is 22.7 Å². The summed E-state index contributed by atoms with van der Waals surface area (Å²) in [4.78, 5) is 30.4. The van der Waals surface area contributed by atoms with Crippen molar-refractivity contribution in [3.8, 4) is 11.3 Å². The average Bonchev–Trinajstić information content (AvgIpc) is 3.37. The topological polar surface area (TPSA) is 87.5 Å². The van der Waals surface area contributed by atoms with Gasteiger partial charge in [0.25, 0.3) is 0 Å². The minimum Gasteiger partial charge on any atom is -0.375 e. The number of thiazole rings is 1. The lowest BCUT2D eigenvalue weighted by Gasteiger charge is -2.14. The van der Waals surface area contributed by atoms with Crippen molar-refractivity contribution in [3.05, 3.63) is 71.6 Å². The number of amides is 2. The van der Waals surface area contributed by atoms with Crippen molar-refractivity contribution in [2.45, 2.75) is 32.2 Å². The zero-order valence-corrected chi connectivity index (χ0v) is 19.7. The van der Waals surface area contributed by atoms with Crippen molar-refractivity contribution in [1.29, 1.82) is 0 Å². The summed E-state index contributed by atoms with van der Waals surface area (Å²) in [6.07, 6.45) is 3.93. The second kappa shape index (κ2) is 9.46. The first-order valence-corrected chi connectivity index (χ1v) is 12.1. The monoisotopic (exact) mass is 495 g/mol. The largest absolute Gasteiger partial charge is 0.375 e.